The lowest BCUT2D eigenvalue weighted by atomic mass is 10.1. The van der Waals surface area contributed by atoms with Crippen LogP contribution in [0.3, 0.4) is 0 Å². The summed E-state index contributed by atoms with van der Waals surface area (Å²) in [4.78, 5) is 10.2. The molecule has 0 spiro atoms. The van der Waals surface area contributed by atoms with Crippen LogP contribution in [-0.2, 0) is 4.79 Å². The van der Waals surface area contributed by atoms with E-state index in [1.807, 2.05) is 0 Å². The van der Waals surface area contributed by atoms with Gasteiger partial charge in [0.1, 0.15) is 0 Å². The Hall–Kier alpha value is -0.570. The summed E-state index contributed by atoms with van der Waals surface area (Å²) >= 11 is 0. The molecule has 0 aromatic heterocycles. The number of carbonyl (C=O) groups is 1. The van der Waals surface area contributed by atoms with E-state index < -0.39 is 5.97 Å². The van der Waals surface area contributed by atoms with Gasteiger partial charge in [0, 0.05) is 12.5 Å². The molecule has 3 nitrogen and oxygen atoms in total. The Kier molecular flexibility index (Phi) is 4.94. The second kappa shape index (κ2) is 6.02. The largest absolute Gasteiger partial charge is 0.481 e. The molecule has 0 bridgehead atoms. The molecule has 1 fully saturated rings. The molecule has 0 saturated heterocycles. The fourth-order valence-corrected chi connectivity index (χ4v) is 2.10. The average molecular weight is 199 g/mol. The minimum absolute atomic E-state index is 0.308. The number of rotatable bonds is 6. The van der Waals surface area contributed by atoms with Gasteiger partial charge >= 0.3 is 5.97 Å². The van der Waals surface area contributed by atoms with Crippen LogP contribution in [0.2, 0.25) is 0 Å². The van der Waals surface area contributed by atoms with Crippen LogP contribution in [0.15, 0.2) is 0 Å². The number of aliphatic carboxylic acids is 1. The third kappa shape index (κ3) is 4.61. The molecular formula is C11H21NO2. The van der Waals surface area contributed by atoms with E-state index in [1.54, 1.807) is 0 Å². The van der Waals surface area contributed by atoms with Crippen LogP contribution in [-0.4, -0.2) is 23.7 Å². The third-order valence-corrected chi connectivity index (χ3v) is 2.95. The van der Waals surface area contributed by atoms with E-state index in [2.05, 4.69) is 12.2 Å². The number of hydrogen-bond acceptors (Lipinski definition) is 2. The van der Waals surface area contributed by atoms with Gasteiger partial charge in [0.2, 0.25) is 0 Å². The first-order valence-corrected chi connectivity index (χ1v) is 5.63. The number of hydrogen-bond donors (Lipinski definition) is 2. The zero-order chi connectivity index (χ0) is 10.4. The van der Waals surface area contributed by atoms with Gasteiger partial charge in [-0.25, -0.2) is 0 Å². The third-order valence-electron chi connectivity index (χ3n) is 2.95. The highest BCUT2D eigenvalue weighted by atomic mass is 16.4. The van der Waals surface area contributed by atoms with Gasteiger partial charge in [0.25, 0.3) is 0 Å². The highest BCUT2D eigenvalue weighted by Crippen LogP contribution is 2.24. The zero-order valence-electron chi connectivity index (χ0n) is 8.96. The summed E-state index contributed by atoms with van der Waals surface area (Å²) < 4.78 is 0. The Morgan fingerprint density at radius 3 is 2.79 bits per heavy atom. The fourth-order valence-electron chi connectivity index (χ4n) is 2.10. The monoisotopic (exact) mass is 199 g/mol. The van der Waals surface area contributed by atoms with E-state index in [1.165, 1.54) is 19.3 Å². The molecule has 82 valence electrons. The minimum Gasteiger partial charge on any atom is -0.481 e. The van der Waals surface area contributed by atoms with E-state index in [-0.39, 0.29) is 0 Å². The molecule has 1 saturated carbocycles. The normalized spacial score (nSPS) is 26.6. The maximum absolute atomic E-state index is 10.2. The molecule has 0 heterocycles. The van der Waals surface area contributed by atoms with Gasteiger partial charge in [0.15, 0.2) is 0 Å². The highest BCUT2D eigenvalue weighted by molar-refractivity contribution is 5.66. The Balaban J connectivity index is 1.91. The van der Waals surface area contributed by atoms with Crippen LogP contribution in [0.1, 0.15) is 45.4 Å². The molecular weight excluding hydrogens is 178 g/mol. The summed E-state index contributed by atoms with van der Waals surface area (Å²) in [5.41, 5.74) is 0. The molecule has 0 radical (unpaired) electrons. The van der Waals surface area contributed by atoms with Gasteiger partial charge < -0.3 is 10.4 Å². The molecule has 1 rings (SSSR count). The predicted molar refractivity (Wildman–Crippen MR) is 56.3 cm³/mol. The van der Waals surface area contributed by atoms with Gasteiger partial charge in [0.05, 0.1) is 0 Å². The van der Waals surface area contributed by atoms with Gasteiger partial charge in [-0.2, -0.15) is 0 Å². The lowest BCUT2D eigenvalue weighted by Gasteiger charge is -2.11. The van der Waals surface area contributed by atoms with Crippen LogP contribution in [0, 0.1) is 5.92 Å². The summed E-state index contributed by atoms with van der Waals surface area (Å²) in [5, 5.41) is 11.9. The summed E-state index contributed by atoms with van der Waals surface area (Å²) in [6, 6.07) is 0.690. The summed E-state index contributed by atoms with van der Waals surface area (Å²) in [5.74, 6) is 0.186. The van der Waals surface area contributed by atoms with Crippen LogP contribution in [0.25, 0.3) is 0 Å². The van der Waals surface area contributed by atoms with E-state index in [0.29, 0.717) is 12.5 Å². The van der Waals surface area contributed by atoms with E-state index in [4.69, 9.17) is 5.11 Å². The van der Waals surface area contributed by atoms with Crippen molar-refractivity contribution in [1.29, 1.82) is 0 Å². The molecule has 2 N–H and O–H groups in total. The van der Waals surface area contributed by atoms with Crippen molar-refractivity contribution in [2.45, 2.75) is 51.5 Å². The second-order valence-corrected chi connectivity index (χ2v) is 4.42. The first-order valence-electron chi connectivity index (χ1n) is 5.63. The maximum atomic E-state index is 10.2. The molecule has 0 aliphatic heterocycles. The first kappa shape index (κ1) is 11.5. The molecule has 14 heavy (non-hydrogen) atoms. The van der Waals surface area contributed by atoms with E-state index in [9.17, 15) is 4.79 Å². The molecule has 0 aromatic rings. The van der Waals surface area contributed by atoms with Crippen LogP contribution < -0.4 is 5.32 Å². The standard InChI is InChI=1S/C11H21NO2/c1-9-5-6-10(8-9)12-7-3-2-4-11(13)14/h9-10,12H,2-8H2,1H3,(H,13,14). The lowest BCUT2D eigenvalue weighted by Crippen LogP contribution is -2.27. The second-order valence-electron chi connectivity index (χ2n) is 4.42. The smallest absolute Gasteiger partial charge is 0.303 e. The average Bonchev–Trinajstić information content (AvgIpc) is 2.50. The molecule has 1 aliphatic rings. The van der Waals surface area contributed by atoms with Crippen molar-refractivity contribution in [3.05, 3.63) is 0 Å². The minimum atomic E-state index is -0.681. The van der Waals surface area contributed by atoms with Crippen LogP contribution in [0.5, 0.6) is 0 Å². The van der Waals surface area contributed by atoms with Crippen molar-refractivity contribution >= 4 is 5.97 Å². The van der Waals surface area contributed by atoms with Crippen molar-refractivity contribution in [2.75, 3.05) is 6.54 Å². The maximum Gasteiger partial charge on any atom is 0.303 e. The van der Waals surface area contributed by atoms with Crippen molar-refractivity contribution in [3.63, 3.8) is 0 Å². The van der Waals surface area contributed by atoms with E-state index >= 15 is 0 Å². The fraction of sp³-hybridized carbons (Fsp3) is 0.909. The zero-order valence-corrected chi connectivity index (χ0v) is 8.96. The molecule has 0 aromatic carbocycles. The highest BCUT2D eigenvalue weighted by Gasteiger charge is 2.19. The summed E-state index contributed by atoms with van der Waals surface area (Å²) in [7, 11) is 0. The van der Waals surface area contributed by atoms with Crippen LogP contribution >= 0.6 is 0 Å². The lowest BCUT2D eigenvalue weighted by molar-refractivity contribution is -0.137. The van der Waals surface area contributed by atoms with Crippen molar-refractivity contribution < 1.29 is 9.90 Å². The van der Waals surface area contributed by atoms with Gasteiger partial charge in [-0.05, 0) is 44.6 Å². The quantitative estimate of drug-likeness (QED) is 0.643. The van der Waals surface area contributed by atoms with E-state index in [0.717, 1.165) is 25.3 Å². The molecule has 2 atom stereocenters. The van der Waals surface area contributed by atoms with Crippen molar-refractivity contribution in [1.82, 2.24) is 5.32 Å². The van der Waals surface area contributed by atoms with Crippen LogP contribution in [0.4, 0.5) is 0 Å². The SMILES string of the molecule is CC1CCC(NCCCCC(=O)O)C1. The molecule has 0 amide bonds. The Bertz CT molecular complexity index is 182. The Labute approximate surface area is 85.9 Å². The molecule has 2 unspecified atom stereocenters. The topological polar surface area (TPSA) is 49.3 Å². The van der Waals surface area contributed by atoms with Gasteiger partial charge in [-0.1, -0.05) is 6.92 Å². The van der Waals surface area contributed by atoms with Crippen molar-refractivity contribution in [3.8, 4) is 0 Å². The number of nitrogens with one attached hydrogen (secondary N) is 1. The summed E-state index contributed by atoms with van der Waals surface area (Å²) in [6.45, 7) is 3.27. The summed E-state index contributed by atoms with van der Waals surface area (Å²) in [6.07, 6.45) is 6.01. The van der Waals surface area contributed by atoms with Gasteiger partial charge in [-0.15, -0.1) is 0 Å². The number of unbranched alkanes of at least 4 members (excludes halogenated alkanes) is 1. The Morgan fingerprint density at radius 2 is 2.21 bits per heavy atom. The number of carboxylic acids is 1. The first-order chi connectivity index (χ1) is 6.68. The Morgan fingerprint density at radius 1 is 1.43 bits per heavy atom. The number of carboxylic acid groups (broad SMARTS) is 1. The predicted octanol–water partition coefficient (Wildman–Crippen LogP) is 2.02. The molecule has 1 aliphatic carbocycles. The van der Waals surface area contributed by atoms with Gasteiger partial charge in [-0.3, -0.25) is 4.79 Å². The van der Waals surface area contributed by atoms with Crippen molar-refractivity contribution in [2.24, 2.45) is 5.92 Å². The molecule has 3 heteroatoms.